The number of amides is 1. The molecule has 92 valence electrons. The van der Waals surface area contributed by atoms with Gasteiger partial charge in [0.1, 0.15) is 0 Å². The van der Waals surface area contributed by atoms with Crippen LogP contribution in [0.15, 0.2) is 17.0 Å². The standard InChI is InChI=1S/C12H15ClN2OS/c1-7-4-11(8(2)3-10(7)13)17-6-9-5-12(16)15-14-9/h3-4,9,14H,5-6H2,1-2H3,(H,15,16). The molecule has 1 amide bonds. The lowest BCUT2D eigenvalue weighted by Crippen LogP contribution is -2.32. The summed E-state index contributed by atoms with van der Waals surface area (Å²) >= 11 is 7.81. The van der Waals surface area contributed by atoms with Crippen LogP contribution in [-0.4, -0.2) is 17.7 Å². The molecular weight excluding hydrogens is 256 g/mol. The first-order valence-electron chi connectivity index (χ1n) is 5.50. The van der Waals surface area contributed by atoms with Crippen LogP contribution in [0.1, 0.15) is 17.5 Å². The van der Waals surface area contributed by atoms with Gasteiger partial charge in [0, 0.05) is 28.1 Å². The molecule has 0 aromatic heterocycles. The molecule has 0 aliphatic carbocycles. The topological polar surface area (TPSA) is 41.1 Å². The van der Waals surface area contributed by atoms with Gasteiger partial charge in [-0.1, -0.05) is 11.6 Å². The van der Waals surface area contributed by atoms with Gasteiger partial charge >= 0.3 is 0 Å². The molecule has 1 aliphatic rings. The van der Waals surface area contributed by atoms with Crippen molar-refractivity contribution in [3.63, 3.8) is 0 Å². The average molecular weight is 271 g/mol. The average Bonchev–Trinajstić information content (AvgIpc) is 2.68. The molecule has 1 atom stereocenters. The summed E-state index contributed by atoms with van der Waals surface area (Å²) in [7, 11) is 0. The first-order valence-corrected chi connectivity index (χ1v) is 6.86. The minimum Gasteiger partial charge on any atom is -0.291 e. The van der Waals surface area contributed by atoms with Gasteiger partial charge in [0.2, 0.25) is 5.91 Å². The highest BCUT2D eigenvalue weighted by Crippen LogP contribution is 2.28. The highest BCUT2D eigenvalue weighted by Gasteiger charge is 2.20. The van der Waals surface area contributed by atoms with Crippen molar-refractivity contribution in [3.05, 3.63) is 28.3 Å². The van der Waals surface area contributed by atoms with Crippen LogP contribution in [0.3, 0.4) is 0 Å². The minimum absolute atomic E-state index is 0.0691. The summed E-state index contributed by atoms with van der Waals surface area (Å²) in [6, 6.07) is 4.31. The van der Waals surface area contributed by atoms with E-state index in [0.717, 1.165) is 16.3 Å². The molecular formula is C12H15ClN2OS. The molecule has 1 fully saturated rings. The summed E-state index contributed by atoms with van der Waals surface area (Å²) in [6.45, 7) is 4.06. The number of hydrogen-bond donors (Lipinski definition) is 2. The number of hydrazine groups is 1. The van der Waals surface area contributed by atoms with Crippen molar-refractivity contribution >= 4 is 29.3 Å². The van der Waals surface area contributed by atoms with Crippen molar-refractivity contribution in [2.24, 2.45) is 0 Å². The Morgan fingerprint density at radius 3 is 2.82 bits per heavy atom. The maximum Gasteiger partial charge on any atom is 0.235 e. The van der Waals surface area contributed by atoms with Crippen LogP contribution in [0, 0.1) is 13.8 Å². The Hall–Kier alpha value is -0.710. The third kappa shape index (κ3) is 3.15. The summed E-state index contributed by atoms with van der Waals surface area (Å²) in [6.07, 6.45) is 0.554. The van der Waals surface area contributed by atoms with Crippen LogP contribution >= 0.6 is 23.4 Å². The van der Waals surface area contributed by atoms with Crippen LogP contribution in [0.2, 0.25) is 5.02 Å². The highest BCUT2D eigenvalue weighted by atomic mass is 35.5. The molecule has 1 aromatic carbocycles. The third-order valence-corrected chi connectivity index (χ3v) is 4.47. The predicted molar refractivity (Wildman–Crippen MR) is 71.3 cm³/mol. The van der Waals surface area contributed by atoms with Gasteiger partial charge in [-0.15, -0.1) is 11.8 Å². The van der Waals surface area contributed by atoms with Gasteiger partial charge in [-0.2, -0.15) is 0 Å². The zero-order chi connectivity index (χ0) is 12.4. The molecule has 0 saturated carbocycles. The van der Waals surface area contributed by atoms with Gasteiger partial charge in [-0.3, -0.25) is 10.2 Å². The summed E-state index contributed by atoms with van der Waals surface area (Å²) in [5.74, 6) is 0.945. The zero-order valence-electron chi connectivity index (χ0n) is 9.84. The fraction of sp³-hybridized carbons (Fsp3) is 0.417. The lowest BCUT2D eigenvalue weighted by Gasteiger charge is -2.11. The molecule has 0 spiro atoms. The fourth-order valence-electron chi connectivity index (χ4n) is 1.71. The molecule has 2 N–H and O–H groups in total. The van der Waals surface area contributed by atoms with Crippen molar-refractivity contribution in [3.8, 4) is 0 Å². The lowest BCUT2D eigenvalue weighted by atomic mass is 10.2. The quantitative estimate of drug-likeness (QED) is 0.829. The Morgan fingerprint density at radius 2 is 2.18 bits per heavy atom. The van der Waals surface area contributed by atoms with Crippen LogP contribution in [0.4, 0.5) is 0 Å². The molecule has 17 heavy (non-hydrogen) atoms. The van der Waals surface area contributed by atoms with Crippen molar-refractivity contribution < 1.29 is 4.79 Å². The minimum atomic E-state index is 0.0691. The van der Waals surface area contributed by atoms with E-state index in [-0.39, 0.29) is 11.9 Å². The number of nitrogens with one attached hydrogen (secondary N) is 2. The summed E-state index contributed by atoms with van der Waals surface area (Å²) < 4.78 is 0. The van der Waals surface area contributed by atoms with Crippen LogP contribution in [-0.2, 0) is 4.79 Å². The van der Waals surface area contributed by atoms with E-state index in [2.05, 4.69) is 23.8 Å². The van der Waals surface area contributed by atoms with Crippen LogP contribution < -0.4 is 10.9 Å². The highest BCUT2D eigenvalue weighted by molar-refractivity contribution is 7.99. The maximum atomic E-state index is 11.0. The van der Waals surface area contributed by atoms with E-state index in [1.165, 1.54) is 10.5 Å². The van der Waals surface area contributed by atoms with Gasteiger partial charge in [-0.05, 0) is 37.1 Å². The largest absolute Gasteiger partial charge is 0.291 e. The second-order valence-electron chi connectivity index (χ2n) is 4.27. The summed E-state index contributed by atoms with van der Waals surface area (Å²) in [5.41, 5.74) is 7.87. The molecule has 1 aliphatic heterocycles. The first-order chi connectivity index (χ1) is 8.06. The number of benzene rings is 1. The van der Waals surface area contributed by atoms with E-state index in [4.69, 9.17) is 11.6 Å². The Morgan fingerprint density at radius 1 is 1.41 bits per heavy atom. The maximum absolute atomic E-state index is 11.0. The Bertz CT molecular complexity index is 450. The Labute approximate surface area is 110 Å². The van der Waals surface area contributed by atoms with E-state index in [9.17, 15) is 4.79 Å². The third-order valence-electron chi connectivity index (χ3n) is 2.74. The van der Waals surface area contributed by atoms with Gasteiger partial charge in [0.25, 0.3) is 0 Å². The molecule has 1 saturated heterocycles. The molecule has 1 aromatic rings. The van der Waals surface area contributed by atoms with Crippen molar-refractivity contribution in [2.45, 2.75) is 31.2 Å². The molecule has 1 unspecified atom stereocenters. The van der Waals surface area contributed by atoms with E-state index in [1.54, 1.807) is 11.8 Å². The molecule has 5 heteroatoms. The molecule has 0 radical (unpaired) electrons. The summed E-state index contributed by atoms with van der Waals surface area (Å²) in [4.78, 5) is 12.3. The number of halogens is 1. The predicted octanol–water partition coefficient (Wildman–Crippen LogP) is 2.44. The van der Waals surface area contributed by atoms with Crippen LogP contribution in [0.5, 0.6) is 0 Å². The monoisotopic (exact) mass is 270 g/mol. The molecule has 0 bridgehead atoms. The van der Waals surface area contributed by atoms with Crippen molar-refractivity contribution in [1.29, 1.82) is 0 Å². The van der Waals surface area contributed by atoms with Crippen LogP contribution in [0.25, 0.3) is 0 Å². The number of rotatable bonds is 3. The molecule has 2 rings (SSSR count). The zero-order valence-corrected chi connectivity index (χ0v) is 11.4. The van der Waals surface area contributed by atoms with E-state index < -0.39 is 0 Å². The number of aryl methyl sites for hydroxylation is 2. The Kier molecular flexibility index (Phi) is 3.97. The second kappa shape index (κ2) is 5.29. The number of carbonyl (C=O) groups excluding carboxylic acids is 1. The fourth-order valence-corrected chi connectivity index (χ4v) is 3.06. The van der Waals surface area contributed by atoms with E-state index >= 15 is 0 Å². The number of thioether (sulfide) groups is 1. The molecule has 1 heterocycles. The SMILES string of the molecule is Cc1cc(SCC2CC(=O)NN2)c(C)cc1Cl. The molecule has 3 nitrogen and oxygen atoms in total. The van der Waals surface area contributed by atoms with E-state index in [0.29, 0.717) is 6.42 Å². The number of carbonyl (C=O) groups is 1. The van der Waals surface area contributed by atoms with Gasteiger partial charge in [0.05, 0.1) is 0 Å². The normalized spacial score (nSPS) is 19.5. The van der Waals surface area contributed by atoms with Gasteiger partial charge in [-0.25, -0.2) is 5.43 Å². The second-order valence-corrected chi connectivity index (χ2v) is 5.74. The summed E-state index contributed by atoms with van der Waals surface area (Å²) in [5, 5.41) is 0.808. The van der Waals surface area contributed by atoms with Gasteiger partial charge < -0.3 is 0 Å². The first kappa shape index (κ1) is 12.7. The lowest BCUT2D eigenvalue weighted by molar-refractivity contribution is -0.119. The van der Waals surface area contributed by atoms with Crippen molar-refractivity contribution in [1.82, 2.24) is 10.9 Å². The van der Waals surface area contributed by atoms with Crippen molar-refractivity contribution in [2.75, 3.05) is 5.75 Å². The number of hydrogen-bond acceptors (Lipinski definition) is 3. The Balaban J connectivity index is 1.99. The van der Waals surface area contributed by atoms with E-state index in [1.807, 2.05) is 13.0 Å². The smallest absolute Gasteiger partial charge is 0.235 e. The van der Waals surface area contributed by atoms with Gasteiger partial charge in [0.15, 0.2) is 0 Å².